The van der Waals surface area contributed by atoms with Gasteiger partial charge in [-0.25, -0.2) is 0 Å². The minimum Gasteiger partial charge on any atom is -0.492 e. The van der Waals surface area contributed by atoms with Crippen molar-refractivity contribution in [2.24, 2.45) is 0 Å². The maximum Gasteiger partial charge on any atom is 0.231 e. The van der Waals surface area contributed by atoms with Crippen LogP contribution in [0.4, 0.5) is 0 Å². The Hall–Kier alpha value is -2.20. The van der Waals surface area contributed by atoms with Crippen LogP contribution >= 0.6 is 0 Å². The van der Waals surface area contributed by atoms with E-state index in [1.165, 1.54) is 16.7 Å². The van der Waals surface area contributed by atoms with E-state index < -0.39 is 0 Å². The topological polar surface area (TPSA) is 30.9 Å². The van der Waals surface area contributed by atoms with Gasteiger partial charge < -0.3 is 14.2 Å². The maximum absolute atomic E-state index is 5.77. The predicted octanol–water partition coefficient (Wildman–Crippen LogP) is 3.98. The van der Waals surface area contributed by atoms with Crippen LogP contribution in [0.2, 0.25) is 0 Å². The normalized spacial score (nSPS) is 18.9. The largest absolute Gasteiger partial charge is 0.492 e. The quantitative estimate of drug-likeness (QED) is 0.824. The lowest BCUT2D eigenvalue weighted by Crippen LogP contribution is -2.32. The van der Waals surface area contributed by atoms with Crippen molar-refractivity contribution < 1.29 is 14.2 Å². The molecule has 0 unspecified atom stereocenters. The third kappa shape index (κ3) is 3.07. The Morgan fingerprint density at radius 2 is 2.04 bits per heavy atom. The Balaban J connectivity index is 1.59. The van der Waals surface area contributed by atoms with Crippen LogP contribution in [-0.2, 0) is 12.8 Å². The van der Waals surface area contributed by atoms with Crippen molar-refractivity contribution in [1.82, 2.24) is 4.90 Å². The molecule has 0 bridgehead atoms. The van der Waals surface area contributed by atoms with Crippen molar-refractivity contribution in [1.29, 1.82) is 0 Å². The van der Waals surface area contributed by atoms with E-state index in [2.05, 4.69) is 48.3 Å². The number of likely N-dealkylation sites (N-methyl/N-ethyl adjacent to an activating group) is 1. The lowest BCUT2D eigenvalue weighted by atomic mass is 9.88. The molecule has 0 aromatic heterocycles. The van der Waals surface area contributed by atoms with Crippen LogP contribution in [0.15, 0.2) is 36.4 Å². The van der Waals surface area contributed by atoms with Crippen LogP contribution < -0.4 is 14.2 Å². The molecule has 0 saturated heterocycles. The summed E-state index contributed by atoms with van der Waals surface area (Å²) in [6.07, 6.45) is 4.38. The first kappa shape index (κ1) is 16.3. The fourth-order valence-corrected chi connectivity index (χ4v) is 4.03. The molecule has 2 aromatic carbocycles. The first-order chi connectivity index (χ1) is 12.3. The molecule has 0 radical (unpaired) electrons. The Morgan fingerprint density at radius 1 is 1.20 bits per heavy atom. The average molecular weight is 339 g/mol. The van der Waals surface area contributed by atoms with Crippen LogP contribution in [0.25, 0.3) is 0 Å². The molecule has 0 spiro atoms. The first-order valence-electron chi connectivity index (χ1n) is 9.01. The molecule has 4 rings (SSSR count). The molecule has 0 saturated carbocycles. The van der Waals surface area contributed by atoms with Gasteiger partial charge in [0, 0.05) is 18.2 Å². The van der Waals surface area contributed by atoms with Crippen molar-refractivity contribution in [3.8, 4) is 17.2 Å². The van der Waals surface area contributed by atoms with Crippen LogP contribution in [0.3, 0.4) is 0 Å². The number of rotatable bonds is 5. The standard InChI is InChI=1S/C21H25NO3/c1-22-12-11-16-13-18-20(25-14-24-18)21(23-2)19(16)17(22)10-6-9-15-7-4-3-5-8-15/h3-5,7-8,13,17H,6,9-12,14H2,1-2H3/t17-/m1/s1. The van der Waals surface area contributed by atoms with E-state index in [1.54, 1.807) is 7.11 Å². The van der Waals surface area contributed by atoms with Gasteiger partial charge in [0.25, 0.3) is 0 Å². The second-order valence-electron chi connectivity index (χ2n) is 6.84. The fraction of sp³-hybridized carbons (Fsp3) is 0.429. The van der Waals surface area contributed by atoms with Crippen LogP contribution in [-0.4, -0.2) is 32.4 Å². The highest BCUT2D eigenvalue weighted by molar-refractivity contribution is 5.61. The molecular formula is C21H25NO3. The van der Waals surface area contributed by atoms with Gasteiger partial charge in [-0.05, 0) is 49.9 Å². The smallest absolute Gasteiger partial charge is 0.231 e. The SMILES string of the molecule is COc1c2c(cc3c1[C@@H](CCCc1ccccc1)N(C)CC3)OCO2. The maximum atomic E-state index is 5.77. The van der Waals surface area contributed by atoms with E-state index >= 15 is 0 Å². The molecule has 2 aromatic rings. The molecule has 0 fully saturated rings. The zero-order chi connectivity index (χ0) is 17.2. The molecular weight excluding hydrogens is 314 g/mol. The zero-order valence-electron chi connectivity index (χ0n) is 15.0. The molecule has 4 nitrogen and oxygen atoms in total. The van der Waals surface area contributed by atoms with Crippen molar-refractivity contribution in [3.05, 3.63) is 53.1 Å². The summed E-state index contributed by atoms with van der Waals surface area (Å²) in [5.41, 5.74) is 4.02. The van der Waals surface area contributed by atoms with Crippen LogP contribution in [0.5, 0.6) is 17.2 Å². The minimum atomic E-state index is 0.281. The monoisotopic (exact) mass is 339 g/mol. The highest BCUT2D eigenvalue weighted by Gasteiger charge is 2.33. The number of hydrogen-bond donors (Lipinski definition) is 0. The average Bonchev–Trinajstić information content (AvgIpc) is 3.11. The highest BCUT2D eigenvalue weighted by atomic mass is 16.7. The molecule has 25 heavy (non-hydrogen) atoms. The molecule has 2 heterocycles. The van der Waals surface area contributed by atoms with E-state index in [4.69, 9.17) is 14.2 Å². The van der Waals surface area contributed by atoms with E-state index in [0.29, 0.717) is 6.04 Å². The third-order valence-corrected chi connectivity index (χ3v) is 5.33. The predicted molar refractivity (Wildman–Crippen MR) is 97.6 cm³/mol. The molecule has 2 aliphatic heterocycles. The highest BCUT2D eigenvalue weighted by Crippen LogP contribution is 2.50. The number of nitrogens with zero attached hydrogens (tertiary/aromatic N) is 1. The van der Waals surface area contributed by atoms with Crippen molar-refractivity contribution in [2.75, 3.05) is 27.5 Å². The zero-order valence-corrected chi connectivity index (χ0v) is 15.0. The van der Waals surface area contributed by atoms with Gasteiger partial charge in [0.2, 0.25) is 12.5 Å². The number of benzene rings is 2. The van der Waals surface area contributed by atoms with Crippen LogP contribution in [0, 0.1) is 0 Å². The van der Waals surface area contributed by atoms with Gasteiger partial charge in [-0.15, -0.1) is 0 Å². The van der Waals surface area contributed by atoms with E-state index in [1.807, 2.05) is 0 Å². The lowest BCUT2D eigenvalue weighted by Gasteiger charge is -2.36. The summed E-state index contributed by atoms with van der Waals surface area (Å²) in [7, 11) is 3.94. The van der Waals surface area contributed by atoms with Gasteiger partial charge >= 0.3 is 0 Å². The summed E-state index contributed by atoms with van der Waals surface area (Å²) in [6, 6.07) is 13.2. The van der Waals surface area contributed by atoms with Gasteiger partial charge in [0.15, 0.2) is 11.5 Å². The lowest BCUT2D eigenvalue weighted by molar-refractivity contribution is 0.170. The van der Waals surface area contributed by atoms with Crippen LogP contribution in [0.1, 0.15) is 35.6 Å². The Bertz CT molecular complexity index is 745. The molecule has 0 amide bonds. The second-order valence-corrected chi connectivity index (χ2v) is 6.84. The summed E-state index contributed by atoms with van der Waals surface area (Å²) in [6.45, 7) is 1.34. The summed E-state index contributed by atoms with van der Waals surface area (Å²) in [5, 5.41) is 0. The van der Waals surface area contributed by atoms with E-state index in [-0.39, 0.29) is 6.79 Å². The number of ether oxygens (including phenoxy) is 3. The number of aryl methyl sites for hydroxylation is 1. The van der Waals surface area contributed by atoms with Gasteiger partial charge in [0.05, 0.1) is 7.11 Å². The van der Waals surface area contributed by atoms with Crippen molar-refractivity contribution >= 4 is 0 Å². The van der Waals surface area contributed by atoms with Crippen molar-refractivity contribution in [3.63, 3.8) is 0 Å². The Labute approximate surface area is 149 Å². The molecule has 0 N–H and O–H groups in total. The Kier molecular flexibility index (Phi) is 4.53. The molecule has 4 heteroatoms. The molecule has 1 atom stereocenters. The van der Waals surface area contributed by atoms with E-state index in [9.17, 15) is 0 Å². The fourth-order valence-electron chi connectivity index (χ4n) is 4.03. The van der Waals surface area contributed by atoms with Gasteiger partial charge in [-0.3, -0.25) is 4.90 Å². The summed E-state index contributed by atoms with van der Waals surface area (Å²) in [5.74, 6) is 2.45. The van der Waals surface area contributed by atoms with Gasteiger partial charge in [-0.2, -0.15) is 0 Å². The summed E-state index contributed by atoms with van der Waals surface area (Å²) in [4.78, 5) is 2.44. The van der Waals surface area contributed by atoms with Crippen molar-refractivity contribution in [2.45, 2.75) is 31.7 Å². The first-order valence-corrected chi connectivity index (χ1v) is 9.01. The summed E-state index contributed by atoms with van der Waals surface area (Å²) >= 11 is 0. The third-order valence-electron chi connectivity index (χ3n) is 5.33. The number of fused-ring (bicyclic) bond motifs is 2. The van der Waals surface area contributed by atoms with Gasteiger partial charge in [0.1, 0.15) is 0 Å². The van der Waals surface area contributed by atoms with E-state index in [0.717, 1.165) is 49.5 Å². The minimum absolute atomic E-state index is 0.281. The van der Waals surface area contributed by atoms with Gasteiger partial charge in [-0.1, -0.05) is 30.3 Å². The molecule has 132 valence electrons. The number of methoxy groups -OCH3 is 1. The summed E-state index contributed by atoms with van der Waals surface area (Å²) < 4.78 is 17.0. The Morgan fingerprint density at radius 3 is 2.84 bits per heavy atom. The number of hydrogen-bond acceptors (Lipinski definition) is 4. The second kappa shape index (κ2) is 6.96. The molecule has 0 aliphatic carbocycles. The molecule has 2 aliphatic rings.